The highest BCUT2D eigenvalue weighted by atomic mass is 16.5. The molecule has 0 saturated heterocycles. The van der Waals surface area contributed by atoms with E-state index in [-0.39, 0.29) is 30.8 Å². The molecule has 2 atom stereocenters. The van der Waals surface area contributed by atoms with E-state index in [0.29, 0.717) is 11.4 Å². The summed E-state index contributed by atoms with van der Waals surface area (Å²) in [5.41, 5.74) is -0.160. The fourth-order valence-electron chi connectivity index (χ4n) is 2.73. The molecular weight excluding hydrogens is 320 g/mol. The molecule has 0 bridgehead atoms. The smallest absolute Gasteiger partial charge is 0.279 e. The van der Waals surface area contributed by atoms with Crippen molar-refractivity contribution in [3.63, 3.8) is 0 Å². The van der Waals surface area contributed by atoms with Gasteiger partial charge in [0.05, 0.1) is 20.2 Å². The first kappa shape index (κ1) is 18.7. The Balaban J connectivity index is 1.80. The monoisotopic (exact) mass is 345 g/mol. The summed E-state index contributed by atoms with van der Waals surface area (Å²) in [5, 5.41) is 14.9. The SMILES string of the molecule is COc1cccc(NC(=O)C[NH+](C)CC(=O)N[C@@](C)(C#N)C2CC2)c1. The van der Waals surface area contributed by atoms with Gasteiger partial charge < -0.3 is 20.3 Å². The fraction of sp³-hybridized carbons (Fsp3) is 0.500. The van der Waals surface area contributed by atoms with Crippen molar-refractivity contribution in [2.75, 3.05) is 32.6 Å². The van der Waals surface area contributed by atoms with E-state index < -0.39 is 5.54 Å². The molecule has 1 aromatic rings. The number of carbonyl (C=O) groups is 2. The van der Waals surface area contributed by atoms with Gasteiger partial charge in [0.25, 0.3) is 11.8 Å². The number of nitrogens with zero attached hydrogens (tertiary/aromatic N) is 1. The van der Waals surface area contributed by atoms with E-state index in [1.165, 1.54) is 0 Å². The minimum Gasteiger partial charge on any atom is -0.497 e. The van der Waals surface area contributed by atoms with Crippen LogP contribution in [0.4, 0.5) is 5.69 Å². The van der Waals surface area contributed by atoms with Crippen molar-refractivity contribution in [1.82, 2.24) is 5.32 Å². The number of hydrogen-bond acceptors (Lipinski definition) is 4. The molecule has 0 aromatic heterocycles. The second-order valence-corrected chi connectivity index (χ2v) is 6.73. The Hall–Kier alpha value is -2.59. The summed E-state index contributed by atoms with van der Waals surface area (Å²) in [6.07, 6.45) is 1.94. The van der Waals surface area contributed by atoms with Gasteiger partial charge in [-0.3, -0.25) is 9.59 Å². The second kappa shape index (κ2) is 7.99. The molecule has 1 fully saturated rings. The molecule has 25 heavy (non-hydrogen) atoms. The number of rotatable bonds is 8. The number of carbonyl (C=O) groups excluding carboxylic acids is 2. The highest BCUT2D eigenvalue weighted by molar-refractivity contribution is 5.91. The van der Waals surface area contributed by atoms with Crippen LogP contribution in [-0.2, 0) is 9.59 Å². The molecule has 134 valence electrons. The Kier molecular flexibility index (Phi) is 5.99. The molecule has 1 aromatic carbocycles. The van der Waals surface area contributed by atoms with E-state index in [0.717, 1.165) is 17.7 Å². The molecule has 2 amide bonds. The van der Waals surface area contributed by atoms with Crippen LogP contribution in [0.3, 0.4) is 0 Å². The van der Waals surface area contributed by atoms with E-state index in [1.807, 2.05) is 0 Å². The number of nitrogens with one attached hydrogen (secondary N) is 3. The van der Waals surface area contributed by atoms with Crippen molar-refractivity contribution in [2.24, 2.45) is 5.92 Å². The van der Waals surface area contributed by atoms with Crippen molar-refractivity contribution in [3.8, 4) is 11.8 Å². The summed E-state index contributed by atoms with van der Waals surface area (Å²) in [4.78, 5) is 25.0. The number of methoxy groups -OCH3 is 1. The molecule has 1 aliphatic carbocycles. The standard InChI is InChI=1S/C18H24N4O3/c1-18(12-19,13-7-8-13)21-17(24)11-22(2)10-16(23)20-14-5-4-6-15(9-14)25-3/h4-6,9,13H,7-8,10-11H2,1-3H3,(H,20,23)(H,21,24)/p+1/t18-/m0/s1. The predicted octanol–water partition coefficient (Wildman–Crippen LogP) is -0.0431. The molecule has 3 N–H and O–H groups in total. The molecule has 0 heterocycles. The summed E-state index contributed by atoms with van der Waals surface area (Å²) in [6, 6.07) is 9.29. The predicted molar refractivity (Wildman–Crippen MR) is 93.1 cm³/mol. The largest absolute Gasteiger partial charge is 0.497 e. The Morgan fingerprint density at radius 1 is 1.36 bits per heavy atom. The van der Waals surface area contributed by atoms with Crippen LogP contribution in [0.15, 0.2) is 24.3 Å². The maximum absolute atomic E-state index is 12.2. The van der Waals surface area contributed by atoms with Gasteiger partial charge in [0.1, 0.15) is 11.3 Å². The first-order valence-electron chi connectivity index (χ1n) is 8.33. The van der Waals surface area contributed by atoms with Crippen LogP contribution in [0, 0.1) is 17.2 Å². The van der Waals surface area contributed by atoms with Crippen LogP contribution >= 0.6 is 0 Å². The second-order valence-electron chi connectivity index (χ2n) is 6.73. The van der Waals surface area contributed by atoms with E-state index in [9.17, 15) is 14.9 Å². The Labute approximate surface area is 147 Å². The summed E-state index contributed by atoms with van der Waals surface area (Å²) >= 11 is 0. The number of quaternary nitrogens is 1. The highest BCUT2D eigenvalue weighted by Gasteiger charge is 2.43. The molecule has 0 spiro atoms. The molecule has 0 aliphatic heterocycles. The number of nitriles is 1. The van der Waals surface area contributed by atoms with E-state index in [4.69, 9.17) is 4.74 Å². The molecule has 0 radical (unpaired) electrons. The number of hydrogen-bond donors (Lipinski definition) is 3. The van der Waals surface area contributed by atoms with Crippen LogP contribution in [0.5, 0.6) is 5.75 Å². The zero-order valence-corrected chi connectivity index (χ0v) is 14.9. The van der Waals surface area contributed by atoms with Gasteiger partial charge in [-0.1, -0.05) is 6.07 Å². The van der Waals surface area contributed by atoms with Crippen molar-refractivity contribution in [3.05, 3.63) is 24.3 Å². The average Bonchev–Trinajstić information content (AvgIpc) is 3.39. The van der Waals surface area contributed by atoms with Gasteiger partial charge in [-0.05, 0) is 37.8 Å². The van der Waals surface area contributed by atoms with Crippen molar-refractivity contribution < 1.29 is 19.2 Å². The highest BCUT2D eigenvalue weighted by Crippen LogP contribution is 2.39. The first-order chi connectivity index (χ1) is 11.9. The van der Waals surface area contributed by atoms with E-state index >= 15 is 0 Å². The maximum Gasteiger partial charge on any atom is 0.279 e. The van der Waals surface area contributed by atoms with Crippen molar-refractivity contribution in [2.45, 2.75) is 25.3 Å². The van der Waals surface area contributed by atoms with Gasteiger partial charge >= 0.3 is 0 Å². The molecule has 1 aliphatic rings. The Morgan fingerprint density at radius 3 is 2.64 bits per heavy atom. The quantitative estimate of drug-likeness (QED) is 0.616. The van der Waals surface area contributed by atoms with Crippen LogP contribution < -0.4 is 20.3 Å². The number of ether oxygens (including phenoxy) is 1. The summed E-state index contributed by atoms with van der Waals surface area (Å²) in [6.45, 7) is 2.04. The van der Waals surface area contributed by atoms with Crippen molar-refractivity contribution in [1.29, 1.82) is 5.26 Å². The Morgan fingerprint density at radius 2 is 2.04 bits per heavy atom. The van der Waals surface area contributed by atoms with Gasteiger partial charge in [-0.2, -0.15) is 5.26 Å². The minimum absolute atomic E-state index is 0.134. The molecule has 7 heteroatoms. The molecular formula is C18H25N4O3+. The third kappa shape index (κ3) is 5.47. The number of amides is 2. The van der Waals surface area contributed by atoms with Crippen LogP contribution in [-0.4, -0.2) is 44.6 Å². The van der Waals surface area contributed by atoms with Crippen LogP contribution in [0.2, 0.25) is 0 Å². The van der Waals surface area contributed by atoms with Crippen LogP contribution in [0.25, 0.3) is 0 Å². The lowest BCUT2D eigenvalue weighted by Gasteiger charge is -2.23. The lowest BCUT2D eigenvalue weighted by molar-refractivity contribution is -0.862. The third-order valence-electron chi connectivity index (χ3n) is 4.30. The zero-order chi connectivity index (χ0) is 18.4. The van der Waals surface area contributed by atoms with Gasteiger partial charge in [-0.25, -0.2) is 0 Å². The maximum atomic E-state index is 12.2. The summed E-state index contributed by atoms with van der Waals surface area (Å²) in [7, 11) is 3.33. The zero-order valence-electron chi connectivity index (χ0n) is 14.9. The van der Waals surface area contributed by atoms with Gasteiger partial charge in [0, 0.05) is 11.8 Å². The third-order valence-corrected chi connectivity index (χ3v) is 4.30. The lowest BCUT2D eigenvalue weighted by Crippen LogP contribution is -3.11. The first-order valence-corrected chi connectivity index (χ1v) is 8.33. The molecule has 7 nitrogen and oxygen atoms in total. The normalized spacial score (nSPS) is 16.9. The van der Waals surface area contributed by atoms with E-state index in [2.05, 4.69) is 16.7 Å². The minimum atomic E-state index is -0.805. The molecule has 1 saturated carbocycles. The average molecular weight is 345 g/mol. The Bertz CT molecular complexity index is 681. The molecule has 2 rings (SSSR count). The summed E-state index contributed by atoms with van der Waals surface area (Å²) < 4.78 is 5.12. The number of likely N-dealkylation sites (N-methyl/N-ethyl adjacent to an activating group) is 1. The molecule has 1 unspecified atom stereocenters. The number of anilines is 1. The van der Waals surface area contributed by atoms with E-state index in [1.54, 1.807) is 45.3 Å². The van der Waals surface area contributed by atoms with Crippen molar-refractivity contribution >= 4 is 17.5 Å². The topological polar surface area (TPSA) is 95.7 Å². The van der Waals surface area contributed by atoms with Gasteiger partial charge in [0.2, 0.25) is 0 Å². The van der Waals surface area contributed by atoms with Crippen LogP contribution in [0.1, 0.15) is 19.8 Å². The number of benzene rings is 1. The lowest BCUT2D eigenvalue weighted by atomic mass is 9.98. The van der Waals surface area contributed by atoms with Gasteiger partial charge in [0.15, 0.2) is 13.1 Å². The summed E-state index contributed by atoms with van der Waals surface area (Å²) in [5.74, 6) is 0.485. The van der Waals surface area contributed by atoms with Gasteiger partial charge in [-0.15, -0.1) is 0 Å². The fourth-order valence-corrected chi connectivity index (χ4v) is 2.73.